The van der Waals surface area contributed by atoms with E-state index >= 15 is 0 Å². The standard InChI is InChI=1S/C10H16N2O3/c1-8(2)7-12(6-4-5-11)9(13)10(14)15-3/h8H,4,6-7H2,1-3H3. The van der Waals surface area contributed by atoms with E-state index in [9.17, 15) is 9.59 Å². The average molecular weight is 212 g/mol. The van der Waals surface area contributed by atoms with Crippen molar-refractivity contribution >= 4 is 11.9 Å². The highest BCUT2D eigenvalue weighted by Crippen LogP contribution is 2.01. The van der Waals surface area contributed by atoms with Gasteiger partial charge >= 0.3 is 11.9 Å². The third kappa shape index (κ3) is 5.01. The van der Waals surface area contributed by atoms with Crippen molar-refractivity contribution < 1.29 is 14.3 Å². The number of hydrogen-bond donors (Lipinski definition) is 0. The maximum atomic E-state index is 11.5. The van der Waals surface area contributed by atoms with Gasteiger partial charge in [-0.1, -0.05) is 13.8 Å². The maximum absolute atomic E-state index is 11.5. The maximum Gasteiger partial charge on any atom is 0.396 e. The quantitative estimate of drug-likeness (QED) is 0.504. The number of amides is 1. The molecule has 0 unspecified atom stereocenters. The molecule has 0 aromatic carbocycles. The predicted molar refractivity (Wildman–Crippen MR) is 53.7 cm³/mol. The molecule has 0 spiro atoms. The van der Waals surface area contributed by atoms with E-state index in [0.717, 1.165) is 7.11 Å². The van der Waals surface area contributed by atoms with E-state index in [2.05, 4.69) is 4.74 Å². The molecule has 0 aliphatic carbocycles. The lowest BCUT2D eigenvalue weighted by molar-refractivity contribution is -0.158. The van der Waals surface area contributed by atoms with Crippen LogP contribution in [0.1, 0.15) is 20.3 Å². The van der Waals surface area contributed by atoms with Crippen LogP contribution < -0.4 is 0 Å². The minimum atomic E-state index is -0.881. The molecule has 0 heterocycles. The topological polar surface area (TPSA) is 70.4 Å². The number of nitriles is 1. The van der Waals surface area contributed by atoms with E-state index in [1.807, 2.05) is 19.9 Å². The third-order valence-electron chi connectivity index (χ3n) is 1.73. The van der Waals surface area contributed by atoms with Crippen LogP contribution in [0.15, 0.2) is 0 Å². The summed E-state index contributed by atoms with van der Waals surface area (Å²) in [6.45, 7) is 4.59. The number of ether oxygens (including phenoxy) is 1. The van der Waals surface area contributed by atoms with Crippen molar-refractivity contribution in [1.82, 2.24) is 4.90 Å². The lowest BCUT2D eigenvalue weighted by Crippen LogP contribution is -2.40. The molecule has 0 rings (SSSR count). The van der Waals surface area contributed by atoms with Gasteiger partial charge in [0.05, 0.1) is 19.6 Å². The van der Waals surface area contributed by atoms with Crippen LogP contribution in [0.2, 0.25) is 0 Å². The van der Waals surface area contributed by atoms with Gasteiger partial charge in [-0.15, -0.1) is 0 Å². The van der Waals surface area contributed by atoms with Gasteiger partial charge in [0.15, 0.2) is 0 Å². The van der Waals surface area contributed by atoms with Gasteiger partial charge in [0.1, 0.15) is 0 Å². The molecule has 0 aromatic heterocycles. The van der Waals surface area contributed by atoms with Gasteiger partial charge in [-0.3, -0.25) is 4.79 Å². The van der Waals surface area contributed by atoms with Gasteiger partial charge in [-0.25, -0.2) is 4.79 Å². The smallest absolute Gasteiger partial charge is 0.396 e. The molecule has 0 aliphatic rings. The Morgan fingerprint density at radius 1 is 1.47 bits per heavy atom. The van der Waals surface area contributed by atoms with Gasteiger partial charge in [0, 0.05) is 13.1 Å². The molecule has 0 aliphatic heterocycles. The molecule has 15 heavy (non-hydrogen) atoms. The highest BCUT2D eigenvalue weighted by atomic mass is 16.5. The van der Waals surface area contributed by atoms with E-state index in [-0.39, 0.29) is 18.9 Å². The van der Waals surface area contributed by atoms with Crippen LogP contribution in [0.4, 0.5) is 0 Å². The first kappa shape index (κ1) is 13.4. The zero-order valence-corrected chi connectivity index (χ0v) is 9.32. The Labute approximate surface area is 89.6 Å². The number of carbonyl (C=O) groups excluding carboxylic acids is 2. The van der Waals surface area contributed by atoms with Crippen molar-refractivity contribution in [1.29, 1.82) is 5.26 Å². The van der Waals surface area contributed by atoms with E-state index in [4.69, 9.17) is 5.26 Å². The number of carbonyl (C=O) groups is 2. The normalized spacial score (nSPS) is 9.53. The van der Waals surface area contributed by atoms with Crippen molar-refractivity contribution in [2.75, 3.05) is 20.2 Å². The molecule has 84 valence electrons. The Morgan fingerprint density at radius 2 is 2.07 bits per heavy atom. The van der Waals surface area contributed by atoms with Crippen LogP contribution in [0.25, 0.3) is 0 Å². The average Bonchev–Trinajstić information content (AvgIpc) is 2.21. The molecule has 0 atom stereocenters. The largest absolute Gasteiger partial charge is 0.462 e. The molecule has 0 radical (unpaired) electrons. The second-order valence-corrected chi connectivity index (χ2v) is 3.54. The fourth-order valence-electron chi connectivity index (χ4n) is 1.12. The molecule has 0 saturated carbocycles. The summed E-state index contributed by atoms with van der Waals surface area (Å²) in [5.41, 5.74) is 0. The fourth-order valence-corrected chi connectivity index (χ4v) is 1.12. The Bertz CT molecular complexity index is 268. The SMILES string of the molecule is COC(=O)C(=O)N(CCC#N)CC(C)C. The molecule has 5 nitrogen and oxygen atoms in total. The summed E-state index contributed by atoms with van der Waals surface area (Å²) in [6.07, 6.45) is 0.218. The van der Waals surface area contributed by atoms with Crippen LogP contribution in [0.3, 0.4) is 0 Å². The van der Waals surface area contributed by atoms with Gasteiger partial charge in [0.2, 0.25) is 0 Å². The molecular weight excluding hydrogens is 196 g/mol. The summed E-state index contributed by atoms with van der Waals surface area (Å²) < 4.78 is 4.34. The Balaban J connectivity index is 4.41. The number of methoxy groups -OCH3 is 1. The minimum absolute atomic E-state index is 0.218. The lowest BCUT2D eigenvalue weighted by Gasteiger charge is -2.21. The van der Waals surface area contributed by atoms with Crippen LogP contribution in [0.5, 0.6) is 0 Å². The van der Waals surface area contributed by atoms with Crippen molar-refractivity contribution in [2.45, 2.75) is 20.3 Å². The summed E-state index contributed by atoms with van der Waals surface area (Å²) in [5.74, 6) is -1.31. The van der Waals surface area contributed by atoms with Crippen LogP contribution in [0, 0.1) is 17.2 Å². The second-order valence-electron chi connectivity index (χ2n) is 3.54. The fraction of sp³-hybridized carbons (Fsp3) is 0.700. The third-order valence-corrected chi connectivity index (χ3v) is 1.73. The Kier molecular flexibility index (Phi) is 6.11. The first-order valence-electron chi connectivity index (χ1n) is 4.77. The van der Waals surface area contributed by atoms with Crippen LogP contribution in [-0.2, 0) is 14.3 Å². The van der Waals surface area contributed by atoms with Gasteiger partial charge in [0.25, 0.3) is 0 Å². The first-order valence-corrected chi connectivity index (χ1v) is 4.77. The second kappa shape index (κ2) is 6.82. The number of hydrogen-bond acceptors (Lipinski definition) is 4. The monoisotopic (exact) mass is 212 g/mol. The number of nitrogens with zero attached hydrogens (tertiary/aromatic N) is 2. The van der Waals surface area contributed by atoms with E-state index in [0.29, 0.717) is 6.54 Å². The molecule has 0 bridgehead atoms. The van der Waals surface area contributed by atoms with Gasteiger partial charge in [-0.2, -0.15) is 5.26 Å². The number of rotatable bonds is 4. The van der Waals surface area contributed by atoms with E-state index in [1.54, 1.807) is 0 Å². The predicted octanol–water partition coefficient (Wildman–Crippen LogP) is 0.558. The van der Waals surface area contributed by atoms with Crippen LogP contribution in [-0.4, -0.2) is 37.0 Å². The lowest BCUT2D eigenvalue weighted by atomic mass is 10.2. The van der Waals surface area contributed by atoms with Gasteiger partial charge < -0.3 is 9.64 Å². The highest BCUT2D eigenvalue weighted by molar-refractivity contribution is 6.32. The minimum Gasteiger partial charge on any atom is -0.462 e. The summed E-state index contributed by atoms with van der Waals surface area (Å²) in [6, 6.07) is 1.94. The van der Waals surface area contributed by atoms with E-state index < -0.39 is 11.9 Å². The van der Waals surface area contributed by atoms with Crippen molar-refractivity contribution in [3.8, 4) is 6.07 Å². The zero-order valence-electron chi connectivity index (χ0n) is 9.32. The molecule has 0 aromatic rings. The Hall–Kier alpha value is -1.57. The summed E-state index contributed by atoms with van der Waals surface area (Å²) >= 11 is 0. The molecule has 0 N–H and O–H groups in total. The van der Waals surface area contributed by atoms with Gasteiger partial charge in [-0.05, 0) is 5.92 Å². The summed E-state index contributed by atoms with van der Waals surface area (Å²) in [7, 11) is 1.16. The van der Waals surface area contributed by atoms with Crippen molar-refractivity contribution in [3.63, 3.8) is 0 Å². The van der Waals surface area contributed by atoms with Crippen molar-refractivity contribution in [3.05, 3.63) is 0 Å². The first-order chi connectivity index (χ1) is 7.02. The molecule has 5 heteroatoms. The Morgan fingerprint density at radius 3 is 2.47 bits per heavy atom. The van der Waals surface area contributed by atoms with Crippen molar-refractivity contribution in [2.24, 2.45) is 5.92 Å². The number of esters is 1. The molecule has 1 amide bonds. The van der Waals surface area contributed by atoms with E-state index in [1.165, 1.54) is 4.90 Å². The highest BCUT2D eigenvalue weighted by Gasteiger charge is 2.22. The van der Waals surface area contributed by atoms with Crippen LogP contribution >= 0.6 is 0 Å². The zero-order chi connectivity index (χ0) is 11.8. The molecular formula is C10H16N2O3. The molecule has 0 fully saturated rings. The molecule has 0 saturated heterocycles. The summed E-state index contributed by atoms with van der Waals surface area (Å²) in [4.78, 5) is 23.8. The summed E-state index contributed by atoms with van der Waals surface area (Å²) in [5, 5.41) is 8.42.